The summed E-state index contributed by atoms with van der Waals surface area (Å²) in [6.07, 6.45) is 0.481. The average Bonchev–Trinajstić information content (AvgIpc) is 2.10. The second kappa shape index (κ2) is 6.33. The summed E-state index contributed by atoms with van der Waals surface area (Å²) in [5.41, 5.74) is 1.05. The van der Waals surface area contributed by atoms with E-state index in [0.29, 0.717) is 16.6 Å². The van der Waals surface area contributed by atoms with Crippen LogP contribution in [0.1, 0.15) is 18.9 Å². The Morgan fingerprint density at radius 2 is 1.87 bits per heavy atom. The van der Waals surface area contributed by atoms with Crippen LogP contribution in [0.15, 0.2) is 18.2 Å². The van der Waals surface area contributed by atoms with E-state index in [-0.39, 0.29) is 6.10 Å². The van der Waals surface area contributed by atoms with Gasteiger partial charge in [0.2, 0.25) is 0 Å². The van der Waals surface area contributed by atoms with E-state index >= 15 is 0 Å². The van der Waals surface area contributed by atoms with Gasteiger partial charge in [-0.3, -0.25) is 0 Å². The lowest BCUT2D eigenvalue weighted by Crippen LogP contribution is -2.18. The van der Waals surface area contributed by atoms with Gasteiger partial charge in [-0.15, -0.1) is 0 Å². The van der Waals surface area contributed by atoms with Crippen molar-refractivity contribution in [2.75, 3.05) is 6.54 Å². The highest BCUT2D eigenvalue weighted by molar-refractivity contribution is 6.34. The van der Waals surface area contributed by atoms with E-state index in [1.807, 2.05) is 12.1 Å². The maximum Gasteiger partial charge on any atom is 0.0524 e. The number of nitrogens with one attached hydrogen (secondary N) is 1. The summed E-state index contributed by atoms with van der Waals surface area (Å²) < 4.78 is 0. The molecule has 2 N–H and O–H groups in total. The Labute approximate surface area is 100 Å². The molecule has 0 saturated carbocycles. The van der Waals surface area contributed by atoms with Gasteiger partial charge in [0.25, 0.3) is 0 Å². The van der Waals surface area contributed by atoms with Crippen molar-refractivity contribution in [2.24, 2.45) is 0 Å². The lowest BCUT2D eigenvalue weighted by Gasteiger charge is -2.07. The third kappa shape index (κ3) is 5.38. The maximum atomic E-state index is 9.06. The normalized spacial score (nSPS) is 12.8. The molecule has 15 heavy (non-hydrogen) atoms. The van der Waals surface area contributed by atoms with Gasteiger partial charge in [0, 0.05) is 16.6 Å². The van der Waals surface area contributed by atoms with Crippen molar-refractivity contribution in [2.45, 2.75) is 26.0 Å². The van der Waals surface area contributed by atoms with Gasteiger partial charge in [0.1, 0.15) is 0 Å². The van der Waals surface area contributed by atoms with Crippen LogP contribution < -0.4 is 5.32 Å². The minimum atomic E-state index is -0.263. The van der Waals surface area contributed by atoms with Crippen LogP contribution in [0, 0.1) is 0 Å². The van der Waals surface area contributed by atoms with E-state index in [0.717, 1.165) is 18.5 Å². The smallest absolute Gasteiger partial charge is 0.0524 e. The molecular formula is C11H15Cl2NO. The van der Waals surface area contributed by atoms with Gasteiger partial charge < -0.3 is 10.4 Å². The topological polar surface area (TPSA) is 32.3 Å². The first kappa shape index (κ1) is 12.8. The molecule has 4 heteroatoms. The highest BCUT2D eigenvalue weighted by Crippen LogP contribution is 2.18. The fourth-order valence-electron chi connectivity index (χ4n) is 1.26. The van der Waals surface area contributed by atoms with Gasteiger partial charge in [-0.2, -0.15) is 0 Å². The Balaban J connectivity index is 2.37. The second-order valence-electron chi connectivity index (χ2n) is 3.59. The number of halogens is 2. The Bertz CT molecular complexity index is 295. The predicted molar refractivity (Wildman–Crippen MR) is 64.5 cm³/mol. The van der Waals surface area contributed by atoms with Crippen molar-refractivity contribution in [3.05, 3.63) is 33.8 Å². The molecule has 0 aromatic heterocycles. The van der Waals surface area contributed by atoms with Crippen molar-refractivity contribution in [3.63, 3.8) is 0 Å². The molecule has 1 aromatic carbocycles. The monoisotopic (exact) mass is 247 g/mol. The van der Waals surface area contributed by atoms with E-state index in [1.54, 1.807) is 13.0 Å². The lowest BCUT2D eigenvalue weighted by atomic mass is 10.2. The molecule has 0 heterocycles. The minimum Gasteiger partial charge on any atom is -0.393 e. The van der Waals surface area contributed by atoms with Crippen LogP contribution in [-0.4, -0.2) is 17.8 Å². The molecule has 0 aliphatic heterocycles. The zero-order chi connectivity index (χ0) is 11.3. The predicted octanol–water partition coefficient (Wildman–Crippen LogP) is 2.85. The number of hydrogen-bond acceptors (Lipinski definition) is 2. The van der Waals surface area contributed by atoms with Crippen molar-refractivity contribution in [1.29, 1.82) is 0 Å². The van der Waals surface area contributed by atoms with Crippen molar-refractivity contribution >= 4 is 23.2 Å². The Hall–Kier alpha value is -0.280. The molecule has 0 saturated heterocycles. The molecule has 0 spiro atoms. The first-order valence-corrected chi connectivity index (χ1v) is 5.67. The van der Waals surface area contributed by atoms with Crippen LogP contribution in [-0.2, 0) is 6.54 Å². The highest BCUT2D eigenvalue weighted by Gasteiger charge is 1.99. The molecule has 0 amide bonds. The van der Waals surface area contributed by atoms with Gasteiger partial charge >= 0.3 is 0 Å². The molecule has 2 nitrogen and oxygen atoms in total. The number of aliphatic hydroxyl groups is 1. The maximum absolute atomic E-state index is 9.06. The van der Waals surface area contributed by atoms with Gasteiger partial charge in [-0.25, -0.2) is 0 Å². The largest absolute Gasteiger partial charge is 0.393 e. The molecule has 0 aliphatic carbocycles. The fraction of sp³-hybridized carbons (Fsp3) is 0.455. The van der Waals surface area contributed by atoms with E-state index in [1.165, 1.54) is 0 Å². The molecule has 1 rings (SSSR count). The van der Waals surface area contributed by atoms with Crippen LogP contribution in [0.25, 0.3) is 0 Å². The van der Waals surface area contributed by atoms with E-state index in [4.69, 9.17) is 28.3 Å². The van der Waals surface area contributed by atoms with Crippen LogP contribution in [0.5, 0.6) is 0 Å². The summed E-state index contributed by atoms with van der Waals surface area (Å²) in [5.74, 6) is 0. The first-order chi connectivity index (χ1) is 7.08. The zero-order valence-electron chi connectivity index (χ0n) is 8.63. The van der Waals surface area contributed by atoms with Crippen LogP contribution in [0.3, 0.4) is 0 Å². The van der Waals surface area contributed by atoms with E-state index in [9.17, 15) is 0 Å². The van der Waals surface area contributed by atoms with Crippen molar-refractivity contribution in [3.8, 4) is 0 Å². The Morgan fingerprint density at radius 1 is 1.27 bits per heavy atom. The summed E-state index contributed by atoms with van der Waals surface area (Å²) >= 11 is 11.7. The molecule has 0 fully saturated rings. The number of aliphatic hydroxyl groups excluding tert-OH is 1. The minimum absolute atomic E-state index is 0.263. The van der Waals surface area contributed by atoms with E-state index in [2.05, 4.69) is 5.32 Å². The summed E-state index contributed by atoms with van der Waals surface area (Å²) in [7, 11) is 0. The average molecular weight is 248 g/mol. The molecule has 1 unspecified atom stereocenters. The third-order valence-corrected chi connectivity index (χ3v) is 2.43. The van der Waals surface area contributed by atoms with Crippen LogP contribution >= 0.6 is 23.2 Å². The number of hydrogen-bond donors (Lipinski definition) is 2. The third-order valence-electron chi connectivity index (χ3n) is 1.99. The summed E-state index contributed by atoms with van der Waals surface area (Å²) in [6, 6.07) is 5.47. The quantitative estimate of drug-likeness (QED) is 0.785. The standard InChI is InChI=1S/C11H15Cl2NO/c1-8(15)2-3-14-7-9-4-10(12)6-11(13)5-9/h4-6,8,14-15H,2-3,7H2,1H3. The Kier molecular flexibility index (Phi) is 5.40. The molecule has 0 bridgehead atoms. The fourth-order valence-corrected chi connectivity index (χ4v) is 1.83. The van der Waals surface area contributed by atoms with Gasteiger partial charge in [0.05, 0.1) is 6.10 Å². The molecule has 1 aromatic rings. The first-order valence-electron chi connectivity index (χ1n) is 4.91. The second-order valence-corrected chi connectivity index (χ2v) is 4.47. The molecule has 84 valence electrons. The molecule has 0 radical (unpaired) electrons. The van der Waals surface area contributed by atoms with Crippen LogP contribution in [0.4, 0.5) is 0 Å². The lowest BCUT2D eigenvalue weighted by molar-refractivity contribution is 0.183. The molecule has 0 aliphatic rings. The number of rotatable bonds is 5. The molecular weight excluding hydrogens is 233 g/mol. The zero-order valence-corrected chi connectivity index (χ0v) is 10.1. The van der Waals surface area contributed by atoms with Gasteiger partial charge in [-0.05, 0) is 43.7 Å². The van der Waals surface area contributed by atoms with Gasteiger partial charge in [-0.1, -0.05) is 23.2 Å². The Morgan fingerprint density at radius 3 is 2.40 bits per heavy atom. The summed E-state index contributed by atoms with van der Waals surface area (Å²) in [4.78, 5) is 0. The van der Waals surface area contributed by atoms with Crippen LogP contribution in [0.2, 0.25) is 10.0 Å². The van der Waals surface area contributed by atoms with Gasteiger partial charge in [0.15, 0.2) is 0 Å². The summed E-state index contributed by atoms with van der Waals surface area (Å²) in [5, 5.41) is 13.6. The highest BCUT2D eigenvalue weighted by atomic mass is 35.5. The molecule has 1 atom stereocenters. The van der Waals surface area contributed by atoms with E-state index < -0.39 is 0 Å². The van der Waals surface area contributed by atoms with Crippen molar-refractivity contribution < 1.29 is 5.11 Å². The van der Waals surface area contributed by atoms with Crippen molar-refractivity contribution in [1.82, 2.24) is 5.32 Å². The summed E-state index contributed by atoms with van der Waals surface area (Å²) in [6.45, 7) is 3.27. The number of benzene rings is 1. The SMILES string of the molecule is CC(O)CCNCc1cc(Cl)cc(Cl)c1.